The molecule has 4 nitrogen and oxygen atoms in total. The zero-order chi connectivity index (χ0) is 15.7. The van der Waals surface area contributed by atoms with Crippen molar-refractivity contribution in [3.05, 3.63) is 23.2 Å². The van der Waals surface area contributed by atoms with Gasteiger partial charge in [-0.3, -0.25) is 0 Å². The fourth-order valence-electron chi connectivity index (χ4n) is 3.77. The number of nitrogens with one attached hydrogen (secondary N) is 1. The normalized spacial score (nSPS) is 26.3. The number of rotatable bonds is 5. The Morgan fingerprint density at radius 3 is 2.70 bits per heavy atom. The van der Waals surface area contributed by atoms with E-state index in [1.807, 2.05) is 0 Å². The zero-order valence-corrected chi connectivity index (χ0v) is 14.3. The molecule has 1 N–H and O–H groups in total. The van der Waals surface area contributed by atoms with Gasteiger partial charge in [0.2, 0.25) is 0 Å². The van der Waals surface area contributed by atoms with E-state index < -0.39 is 0 Å². The lowest BCUT2D eigenvalue weighted by atomic mass is 9.96. The monoisotopic (exact) mass is 336 g/mol. The van der Waals surface area contributed by atoms with Crippen LogP contribution < -0.4 is 10.2 Å². The van der Waals surface area contributed by atoms with Crippen LogP contribution in [0.15, 0.2) is 18.2 Å². The summed E-state index contributed by atoms with van der Waals surface area (Å²) in [5.41, 5.74) is 2.57. The first-order valence-corrected chi connectivity index (χ1v) is 9.12. The molecule has 1 unspecified atom stereocenters. The minimum atomic E-state index is 0.350. The molecule has 1 saturated carbocycles. The van der Waals surface area contributed by atoms with Gasteiger partial charge in [-0.05, 0) is 43.9 Å². The van der Waals surface area contributed by atoms with E-state index in [0.717, 1.165) is 50.2 Å². The van der Waals surface area contributed by atoms with Crippen LogP contribution in [0.25, 0.3) is 0 Å². The summed E-state index contributed by atoms with van der Waals surface area (Å²) in [7, 11) is 0. The standard InChI is InChI=1S/C18H25ClN2O2/c19-15-12-14(21-7-10-22-11-8-21)3-4-16(15)20-13-18(5-6-18)17-2-1-9-23-17/h3-4,12,17,20H,1-2,5-11,13H2. The molecule has 4 rings (SSSR count). The molecule has 5 heteroatoms. The Balaban J connectivity index is 1.39. The van der Waals surface area contributed by atoms with Crippen molar-refractivity contribution in [3.8, 4) is 0 Å². The van der Waals surface area contributed by atoms with Gasteiger partial charge >= 0.3 is 0 Å². The maximum atomic E-state index is 6.51. The van der Waals surface area contributed by atoms with Crippen LogP contribution in [0, 0.1) is 5.41 Å². The highest BCUT2D eigenvalue weighted by atomic mass is 35.5. The molecule has 0 amide bonds. The lowest BCUT2D eigenvalue weighted by molar-refractivity contribution is 0.0565. The minimum Gasteiger partial charge on any atom is -0.383 e. The molecule has 1 aromatic rings. The Hall–Kier alpha value is -0.970. The van der Waals surface area contributed by atoms with Crippen molar-refractivity contribution in [3.63, 3.8) is 0 Å². The van der Waals surface area contributed by atoms with Crippen molar-refractivity contribution < 1.29 is 9.47 Å². The van der Waals surface area contributed by atoms with Crippen molar-refractivity contribution in [2.45, 2.75) is 31.8 Å². The molecule has 2 saturated heterocycles. The molecule has 23 heavy (non-hydrogen) atoms. The number of morpholine rings is 1. The first-order chi connectivity index (χ1) is 11.3. The van der Waals surface area contributed by atoms with Crippen molar-refractivity contribution in [1.29, 1.82) is 0 Å². The summed E-state index contributed by atoms with van der Waals surface area (Å²) in [6.45, 7) is 5.36. The van der Waals surface area contributed by atoms with Gasteiger partial charge in [0, 0.05) is 37.3 Å². The fourth-order valence-corrected chi connectivity index (χ4v) is 4.01. The average molecular weight is 337 g/mol. The maximum absolute atomic E-state index is 6.51. The highest BCUT2D eigenvalue weighted by molar-refractivity contribution is 6.33. The van der Waals surface area contributed by atoms with Gasteiger partial charge in [0.15, 0.2) is 0 Å². The first-order valence-electron chi connectivity index (χ1n) is 8.75. The van der Waals surface area contributed by atoms with E-state index in [-0.39, 0.29) is 0 Å². The number of ether oxygens (including phenoxy) is 2. The van der Waals surface area contributed by atoms with Crippen molar-refractivity contribution in [2.75, 3.05) is 49.7 Å². The average Bonchev–Trinajstić information content (AvgIpc) is 3.17. The molecule has 2 aliphatic heterocycles. The SMILES string of the molecule is Clc1cc(N2CCOCC2)ccc1NCC1(C2CCCO2)CC1. The van der Waals surface area contributed by atoms with E-state index in [0.29, 0.717) is 11.5 Å². The predicted octanol–water partition coefficient (Wildman–Crippen LogP) is 3.55. The van der Waals surface area contributed by atoms with Crippen LogP contribution in [-0.4, -0.2) is 45.6 Å². The summed E-state index contributed by atoms with van der Waals surface area (Å²) in [6.07, 6.45) is 5.41. The fraction of sp³-hybridized carbons (Fsp3) is 0.667. The molecule has 0 bridgehead atoms. The Bertz CT molecular complexity index is 550. The van der Waals surface area contributed by atoms with Gasteiger partial charge in [-0.1, -0.05) is 11.6 Å². The number of nitrogens with zero attached hydrogens (tertiary/aromatic N) is 1. The molecule has 2 heterocycles. The lowest BCUT2D eigenvalue weighted by Gasteiger charge is -2.29. The van der Waals surface area contributed by atoms with E-state index in [1.54, 1.807) is 0 Å². The Morgan fingerprint density at radius 1 is 1.22 bits per heavy atom. The van der Waals surface area contributed by atoms with Crippen LogP contribution in [0.2, 0.25) is 5.02 Å². The van der Waals surface area contributed by atoms with Gasteiger partial charge in [-0.15, -0.1) is 0 Å². The molecule has 3 fully saturated rings. The van der Waals surface area contributed by atoms with Crippen LogP contribution in [-0.2, 0) is 9.47 Å². The van der Waals surface area contributed by atoms with Crippen molar-refractivity contribution in [2.24, 2.45) is 5.41 Å². The van der Waals surface area contributed by atoms with E-state index in [1.165, 1.54) is 31.4 Å². The number of halogens is 1. The second-order valence-corrected chi connectivity index (χ2v) is 7.39. The summed E-state index contributed by atoms with van der Waals surface area (Å²) < 4.78 is 11.3. The van der Waals surface area contributed by atoms with Crippen molar-refractivity contribution in [1.82, 2.24) is 0 Å². The lowest BCUT2D eigenvalue weighted by Crippen LogP contribution is -2.36. The second-order valence-electron chi connectivity index (χ2n) is 6.98. The molecule has 1 aromatic carbocycles. The van der Waals surface area contributed by atoms with E-state index >= 15 is 0 Å². The summed E-state index contributed by atoms with van der Waals surface area (Å²) in [6, 6.07) is 6.34. The summed E-state index contributed by atoms with van der Waals surface area (Å²) in [5, 5.41) is 4.37. The number of hydrogen-bond acceptors (Lipinski definition) is 4. The topological polar surface area (TPSA) is 33.7 Å². The molecule has 0 aromatic heterocycles. The molecular formula is C18H25ClN2O2. The van der Waals surface area contributed by atoms with Crippen LogP contribution in [0.1, 0.15) is 25.7 Å². The Morgan fingerprint density at radius 2 is 2.04 bits per heavy atom. The quantitative estimate of drug-likeness (QED) is 0.891. The Labute approximate surface area is 143 Å². The third-order valence-electron chi connectivity index (χ3n) is 5.46. The van der Waals surface area contributed by atoms with Gasteiger partial charge in [0.25, 0.3) is 0 Å². The summed E-state index contributed by atoms with van der Waals surface area (Å²) in [4.78, 5) is 2.33. The summed E-state index contributed by atoms with van der Waals surface area (Å²) >= 11 is 6.51. The maximum Gasteiger partial charge on any atom is 0.0658 e. The molecule has 1 aliphatic carbocycles. The molecule has 3 aliphatic rings. The van der Waals surface area contributed by atoms with E-state index in [9.17, 15) is 0 Å². The number of benzene rings is 1. The molecular weight excluding hydrogens is 312 g/mol. The van der Waals surface area contributed by atoms with Crippen molar-refractivity contribution >= 4 is 23.0 Å². The van der Waals surface area contributed by atoms with Crippen LogP contribution >= 0.6 is 11.6 Å². The predicted molar refractivity (Wildman–Crippen MR) is 93.6 cm³/mol. The molecule has 0 spiro atoms. The summed E-state index contributed by atoms with van der Waals surface area (Å²) in [5.74, 6) is 0. The number of hydrogen-bond donors (Lipinski definition) is 1. The highest BCUT2D eigenvalue weighted by Gasteiger charge is 2.50. The smallest absolute Gasteiger partial charge is 0.0658 e. The van der Waals surface area contributed by atoms with Gasteiger partial charge in [0.1, 0.15) is 0 Å². The molecule has 1 atom stereocenters. The number of anilines is 2. The zero-order valence-electron chi connectivity index (χ0n) is 13.5. The minimum absolute atomic E-state index is 0.350. The largest absolute Gasteiger partial charge is 0.383 e. The third kappa shape index (κ3) is 3.30. The van der Waals surface area contributed by atoms with E-state index in [2.05, 4.69) is 28.4 Å². The van der Waals surface area contributed by atoms with Gasteiger partial charge in [-0.25, -0.2) is 0 Å². The Kier molecular flexibility index (Phi) is 4.39. The first kappa shape index (κ1) is 15.6. The van der Waals surface area contributed by atoms with Crippen LogP contribution in [0.4, 0.5) is 11.4 Å². The highest BCUT2D eigenvalue weighted by Crippen LogP contribution is 2.52. The van der Waals surface area contributed by atoms with Gasteiger partial charge in [-0.2, -0.15) is 0 Å². The van der Waals surface area contributed by atoms with Gasteiger partial charge in [0.05, 0.1) is 30.0 Å². The third-order valence-corrected chi connectivity index (χ3v) is 5.78. The second kappa shape index (κ2) is 6.50. The van der Waals surface area contributed by atoms with Crippen LogP contribution in [0.3, 0.4) is 0 Å². The van der Waals surface area contributed by atoms with Gasteiger partial charge < -0.3 is 19.7 Å². The van der Waals surface area contributed by atoms with E-state index in [4.69, 9.17) is 21.1 Å². The molecule has 126 valence electrons. The van der Waals surface area contributed by atoms with Crippen LogP contribution in [0.5, 0.6) is 0 Å². The molecule has 0 radical (unpaired) electrons.